The van der Waals surface area contributed by atoms with Crippen molar-refractivity contribution in [3.8, 4) is 0 Å². The van der Waals surface area contributed by atoms with E-state index in [0.29, 0.717) is 12.4 Å². The predicted octanol–water partition coefficient (Wildman–Crippen LogP) is 1.37. The van der Waals surface area contributed by atoms with E-state index in [1.54, 1.807) is 6.07 Å². The largest absolute Gasteiger partial charge is 0.381 e. The molecular formula is C15H22N2O4. The molecule has 1 aromatic rings. The molecule has 21 heavy (non-hydrogen) atoms. The summed E-state index contributed by atoms with van der Waals surface area (Å²) in [6.07, 6.45) is 3.82. The number of amides is 1. The number of hydrogen-bond donors (Lipinski definition) is 1. The third-order valence-corrected chi connectivity index (χ3v) is 4.27. The summed E-state index contributed by atoms with van der Waals surface area (Å²) in [7, 11) is 0. The van der Waals surface area contributed by atoms with Crippen LogP contribution < -0.4 is 5.32 Å². The van der Waals surface area contributed by atoms with Crippen LogP contribution in [-0.4, -0.2) is 42.5 Å². The fourth-order valence-electron chi connectivity index (χ4n) is 3.18. The van der Waals surface area contributed by atoms with Crippen molar-refractivity contribution in [1.82, 2.24) is 10.5 Å². The number of nitrogens with zero attached hydrogens (tertiary/aromatic N) is 1. The van der Waals surface area contributed by atoms with Crippen molar-refractivity contribution >= 4 is 5.91 Å². The molecule has 0 radical (unpaired) electrons. The highest BCUT2D eigenvalue weighted by Crippen LogP contribution is 2.34. The molecule has 6 nitrogen and oxygen atoms in total. The summed E-state index contributed by atoms with van der Waals surface area (Å²) in [4.78, 5) is 12.1. The van der Waals surface area contributed by atoms with Gasteiger partial charge in [0.05, 0.1) is 17.7 Å². The second-order valence-electron chi connectivity index (χ2n) is 6.01. The van der Waals surface area contributed by atoms with Crippen LogP contribution in [0.2, 0.25) is 0 Å². The standard InChI is InChI=1S/C15H22N2O4/c1-11-8-13(21-17-11)9-14(18)16-12-2-5-20-15(10-12)3-6-19-7-4-15/h8,12H,2-7,9-10H2,1H3,(H,16,18)/t12-/m1/s1. The molecule has 1 atom stereocenters. The van der Waals surface area contributed by atoms with Crippen LogP contribution in [0.5, 0.6) is 0 Å². The van der Waals surface area contributed by atoms with Crippen LogP contribution in [0.3, 0.4) is 0 Å². The van der Waals surface area contributed by atoms with Crippen LogP contribution >= 0.6 is 0 Å². The summed E-state index contributed by atoms with van der Waals surface area (Å²) in [5, 5.41) is 6.90. The van der Waals surface area contributed by atoms with E-state index in [4.69, 9.17) is 14.0 Å². The van der Waals surface area contributed by atoms with E-state index in [1.165, 1.54) is 0 Å². The van der Waals surface area contributed by atoms with Gasteiger partial charge in [0.1, 0.15) is 5.76 Å². The molecule has 1 aromatic heterocycles. The highest BCUT2D eigenvalue weighted by molar-refractivity contribution is 5.78. The Bertz CT molecular complexity index is 488. The van der Waals surface area contributed by atoms with Gasteiger partial charge in [0.2, 0.25) is 5.91 Å². The summed E-state index contributed by atoms with van der Waals surface area (Å²) >= 11 is 0. The topological polar surface area (TPSA) is 73.6 Å². The van der Waals surface area contributed by atoms with Gasteiger partial charge >= 0.3 is 0 Å². The zero-order valence-electron chi connectivity index (χ0n) is 12.4. The van der Waals surface area contributed by atoms with E-state index in [-0.39, 0.29) is 24.0 Å². The van der Waals surface area contributed by atoms with Crippen molar-refractivity contribution in [2.45, 2.75) is 50.7 Å². The lowest BCUT2D eigenvalue weighted by atomic mass is 9.84. The Labute approximate surface area is 124 Å². The Morgan fingerprint density at radius 2 is 2.24 bits per heavy atom. The smallest absolute Gasteiger partial charge is 0.227 e. The third-order valence-electron chi connectivity index (χ3n) is 4.27. The predicted molar refractivity (Wildman–Crippen MR) is 74.8 cm³/mol. The molecule has 0 bridgehead atoms. The van der Waals surface area contributed by atoms with Crippen molar-refractivity contribution in [2.75, 3.05) is 19.8 Å². The van der Waals surface area contributed by atoms with Crippen molar-refractivity contribution in [1.29, 1.82) is 0 Å². The normalized spacial score (nSPS) is 24.9. The average molecular weight is 294 g/mol. The van der Waals surface area contributed by atoms with E-state index < -0.39 is 0 Å². The second kappa shape index (κ2) is 6.15. The lowest BCUT2D eigenvalue weighted by Crippen LogP contribution is -2.51. The molecule has 6 heteroatoms. The molecule has 2 aliphatic rings. The third kappa shape index (κ3) is 3.63. The zero-order chi connectivity index (χ0) is 14.7. The van der Waals surface area contributed by atoms with Gasteiger partial charge in [-0.15, -0.1) is 0 Å². The number of nitrogens with one attached hydrogen (secondary N) is 1. The average Bonchev–Trinajstić information content (AvgIpc) is 2.85. The summed E-state index contributed by atoms with van der Waals surface area (Å²) in [6, 6.07) is 1.97. The van der Waals surface area contributed by atoms with Gasteiger partial charge in [-0.3, -0.25) is 4.79 Å². The molecule has 2 aliphatic heterocycles. The second-order valence-corrected chi connectivity index (χ2v) is 6.01. The number of ether oxygens (including phenoxy) is 2. The molecule has 1 spiro atoms. The molecule has 0 unspecified atom stereocenters. The Morgan fingerprint density at radius 3 is 2.95 bits per heavy atom. The molecular weight excluding hydrogens is 272 g/mol. The Kier molecular flexibility index (Phi) is 4.26. The van der Waals surface area contributed by atoms with Gasteiger partial charge in [-0.2, -0.15) is 0 Å². The van der Waals surface area contributed by atoms with Crippen molar-refractivity contribution < 1.29 is 18.8 Å². The molecule has 0 aromatic carbocycles. The summed E-state index contributed by atoms with van der Waals surface area (Å²) in [5.74, 6) is 0.595. The molecule has 0 saturated carbocycles. The monoisotopic (exact) mass is 294 g/mol. The lowest BCUT2D eigenvalue weighted by molar-refractivity contribution is -0.143. The van der Waals surface area contributed by atoms with Gasteiger partial charge in [-0.25, -0.2) is 0 Å². The first-order chi connectivity index (χ1) is 10.2. The first-order valence-electron chi connectivity index (χ1n) is 7.58. The number of rotatable bonds is 3. The molecule has 0 aliphatic carbocycles. The van der Waals surface area contributed by atoms with E-state index in [0.717, 1.165) is 44.6 Å². The minimum absolute atomic E-state index is 0.0136. The number of hydrogen-bond acceptors (Lipinski definition) is 5. The lowest BCUT2D eigenvalue weighted by Gasteiger charge is -2.43. The van der Waals surface area contributed by atoms with Gasteiger partial charge < -0.3 is 19.3 Å². The van der Waals surface area contributed by atoms with Gasteiger partial charge in [0.25, 0.3) is 0 Å². The zero-order valence-corrected chi connectivity index (χ0v) is 12.4. The van der Waals surface area contributed by atoms with Crippen LogP contribution in [0.15, 0.2) is 10.6 Å². The van der Waals surface area contributed by atoms with Gasteiger partial charge in [0.15, 0.2) is 0 Å². The van der Waals surface area contributed by atoms with E-state index in [2.05, 4.69) is 10.5 Å². The van der Waals surface area contributed by atoms with Crippen LogP contribution in [0.4, 0.5) is 0 Å². The van der Waals surface area contributed by atoms with Gasteiger partial charge in [0, 0.05) is 31.9 Å². The summed E-state index contributed by atoms with van der Waals surface area (Å²) < 4.78 is 16.5. The highest BCUT2D eigenvalue weighted by Gasteiger charge is 2.39. The molecule has 2 saturated heterocycles. The first-order valence-corrected chi connectivity index (χ1v) is 7.58. The highest BCUT2D eigenvalue weighted by atomic mass is 16.5. The fourth-order valence-corrected chi connectivity index (χ4v) is 3.18. The van der Waals surface area contributed by atoms with E-state index >= 15 is 0 Å². The van der Waals surface area contributed by atoms with Crippen LogP contribution in [-0.2, 0) is 20.7 Å². The van der Waals surface area contributed by atoms with Crippen LogP contribution in [0, 0.1) is 6.92 Å². The number of carbonyl (C=O) groups is 1. The quantitative estimate of drug-likeness (QED) is 0.911. The minimum atomic E-state index is -0.0999. The Hall–Kier alpha value is -1.40. The molecule has 3 heterocycles. The molecule has 1 N–H and O–H groups in total. The maximum atomic E-state index is 12.1. The Balaban J connectivity index is 1.53. The Morgan fingerprint density at radius 1 is 1.43 bits per heavy atom. The molecule has 2 fully saturated rings. The van der Waals surface area contributed by atoms with E-state index in [1.807, 2.05) is 6.92 Å². The number of carbonyl (C=O) groups excluding carboxylic acids is 1. The van der Waals surface area contributed by atoms with Crippen LogP contribution in [0.25, 0.3) is 0 Å². The molecule has 1 amide bonds. The van der Waals surface area contributed by atoms with Crippen molar-refractivity contribution in [2.24, 2.45) is 0 Å². The van der Waals surface area contributed by atoms with Crippen LogP contribution in [0.1, 0.15) is 37.1 Å². The van der Waals surface area contributed by atoms with Crippen molar-refractivity contribution in [3.05, 3.63) is 17.5 Å². The summed E-state index contributed by atoms with van der Waals surface area (Å²) in [6.45, 7) is 4.04. The molecule has 116 valence electrons. The molecule has 3 rings (SSSR count). The van der Waals surface area contributed by atoms with Crippen molar-refractivity contribution in [3.63, 3.8) is 0 Å². The number of aryl methyl sites for hydroxylation is 1. The first kappa shape index (κ1) is 14.5. The van der Waals surface area contributed by atoms with Gasteiger partial charge in [-0.05, 0) is 32.6 Å². The number of aromatic nitrogens is 1. The SMILES string of the molecule is Cc1cc(CC(=O)N[C@@H]2CCOC3(CCOCC3)C2)on1. The van der Waals surface area contributed by atoms with E-state index in [9.17, 15) is 4.79 Å². The summed E-state index contributed by atoms with van der Waals surface area (Å²) in [5.41, 5.74) is 0.696. The minimum Gasteiger partial charge on any atom is -0.381 e. The van der Waals surface area contributed by atoms with Gasteiger partial charge in [-0.1, -0.05) is 5.16 Å². The maximum Gasteiger partial charge on any atom is 0.227 e. The fraction of sp³-hybridized carbons (Fsp3) is 0.733. The maximum absolute atomic E-state index is 12.1.